The maximum atomic E-state index is 12.7. The monoisotopic (exact) mass is 374 g/mol. The van der Waals surface area contributed by atoms with E-state index in [1.165, 1.54) is 11.3 Å². The van der Waals surface area contributed by atoms with Crippen molar-refractivity contribution >= 4 is 28.2 Å². The van der Waals surface area contributed by atoms with Crippen molar-refractivity contribution in [3.8, 4) is 0 Å². The molecule has 2 amide bonds. The van der Waals surface area contributed by atoms with Gasteiger partial charge < -0.3 is 20.8 Å². The van der Waals surface area contributed by atoms with Gasteiger partial charge in [0.1, 0.15) is 5.00 Å². The Kier molecular flexibility index (Phi) is 6.03. The molecule has 0 spiro atoms. The Morgan fingerprint density at radius 1 is 1.12 bits per heavy atom. The lowest BCUT2D eigenvalue weighted by Crippen LogP contribution is -2.34. The van der Waals surface area contributed by atoms with Crippen molar-refractivity contribution in [1.29, 1.82) is 0 Å². The first-order valence-corrected chi connectivity index (χ1v) is 9.50. The Balaban J connectivity index is 1.85. The summed E-state index contributed by atoms with van der Waals surface area (Å²) in [5.41, 5.74) is 2.00. The molecule has 1 atom stereocenters. The maximum absolute atomic E-state index is 12.7. The third-order valence-corrected chi connectivity index (χ3v) is 5.58. The molecule has 1 aliphatic rings. The molecule has 26 heavy (non-hydrogen) atoms. The van der Waals surface area contributed by atoms with Crippen LogP contribution in [-0.2, 0) is 12.8 Å². The first-order chi connectivity index (χ1) is 12.6. The van der Waals surface area contributed by atoms with Crippen LogP contribution in [0.25, 0.3) is 0 Å². The zero-order valence-electron chi connectivity index (χ0n) is 14.3. The molecule has 6 nitrogen and oxygen atoms in total. The van der Waals surface area contributed by atoms with E-state index in [0.29, 0.717) is 16.1 Å². The van der Waals surface area contributed by atoms with Gasteiger partial charge in [-0.2, -0.15) is 0 Å². The second-order valence-electron chi connectivity index (χ2n) is 6.28. The highest BCUT2D eigenvalue weighted by atomic mass is 32.1. The summed E-state index contributed by atoms with van der Waals surface area (Å²) in [6, 6.07) is 8.86. The van der Waals surface area contributed by atoms with E-state index < -0.39 is 12.7 Å². The standard InChI is InChI=1S/C19H22N2O4S/c22-11-13(23)10-20-18(25)16-14-8-4-5-9-15(14)26-19(16)21-17(24)12-6-2-1-3-7-12/h1-3,6-7,13,22-23H,4-5,8-11H2,(H,20,25)(H,21,24). The molecular weight excluding hydrogens is 352 g/mol. The van der Waals surface area contributed by atoms with Crippen LogP contribution in [-0.4, -0.2) is 41.3 Å². The van der Waals surface area contributed by atoms with Crippen molar-refractivity contribution < 1.29 is 19.8 Å². The SMILES string of the molecule is O=C(Nc1sc2c(c1C(=O)NCC(O)CO)CCCC2)c1ccccc1. The molecule has 0 fully saturated rings. The van der Waals surface area contributed by atoms with Crippen LogP contribution in [0.1, 0.15) is 44.0 Å². The summed E-state index contributed by atoms with van der Waals surface area (Å²) in [5.74, 6) is -0.589. The van der Waals surface area contributed by atoms with Gasteiger partial charge in [-0.3, -0.25) is 9.59 Å². The van der Waals surface area contributed by atoms with Gasteiger partial charge in [-0.15, -0.1) is 11.3 Å². The van der Waals surface area contributed by atoms with Crippen molar-refractivity contribution in [2.24, 2.45) is 0 Å². The fourth-order valence-corrected chi connectivity index (χ4v) is 4.30. The largest absolute Gasteiger partial charge is 0.394 e. The number of aryl methyl sites for hydroxylation is 1. The molecule has 1 unspecified atom stereocenters. The molecule has 138 valence electrons. The van der Waals surface area contributed by atoms with Crippen molar-refractivity contribution in [2.45, 2.75) is 31.8 Å². The molecule has 4 N–H and O–H groups in total. The summed E-state index contributed by atoms with van der Waals surface area (Å²) in [5, 5.41) is 24.5. The van der Waals surface area contributed by atoms with E-state index in [9.17, 15) is 14.7 Å². The third-order valence-electron chi connectivity index (χ3n) is 4.37. The highest BCUT2D eigenvalue weighted by molar-refractivity contribution is 7.17. The lowest BCUT2D eigenvalue weighted by Gasteiger charge is -2.14. The summed E-state index contributed by atoms with van der Waals surface area (Å²) in [6.07, 6.45) is 2.79. The number of aliphatic hydroxyl groups excluding tert-OH is 2. The van der Waals surface area contributed by atoms with Gasteiger partial charge in [0.05, 0.1) is 18.3 Å². The van der Waals surface area contributed by atoms with E-state index in [1.54, 1.807) is 24.3 Å². The number of amides is 2. The van der Waals surface area contributed by atoms with Gasteiger partial charge in [-0.05, 0) is 43.4 Å². The van der Waals surface area contributed by atoms with Gasteiger partial charge in [-0.25, -0.2) is 0 Å². The number of aliphatic hydroxyl groups is 2. The third kappa shape index (κ3) is 4.12. The number of benzene rings is 1. The number of anilines is 1. The summed E-state index contributed by atoms with van der Waals surface area (Å²) < 4.78 is 0. The predicted octanol–water partition coefficient (Wildman–Crippen LogP) is 1.96. The zero-order valence-corrected chi connectivity index (χ0v) is 15.1. The summed E-state index contributed by atoms with van der Waals surface area (Å²) >= 11 is 1.45. The van der Waals surface area contributed by atoms with E-state index in [4.69, 9.17) is 5.11 Å². The van der Waals surface area contributed by atoms with Gasteiger partial charge in [0.15, 0.2) is 0 Å². The van der Waals surface area contributed by atoms with E-state index in [0.717, 1.165) is 36.1 Å². The molecule has 7 heteroatoms. The van der Waals surface area contributed by atoms with Crippen LogP contribution in [0.15, 0.2) is 30.3 Å². The summed E-state index contributed by atoms with van der Waals surface area (Å²) in [6.45, 7) is -0.453. The van der Waals surface area contributed by atoms with Gasteiger partial charge in [0.2, 0.25) is 0 Å². The smallest absolute Gasteiger partial charge is 0.256 e. The lowest BCUT2D eigenvalue weighted by molar-refractivity contribution is 0.0802. The number of thiophene rings is 1. The predicted molar refractivity (Wildman–Crippen MR) is 101 cm³/mol. The number of nitrogens with one attached hydrogen (secondary N) is 2. The van der Waals surface area contributed by atoms with Gasteiger partial charge >= 0.3 is 0 Å². The Morgan fingerprint density at radius 2 is 1.85 bits per heavy atom. The van der Waals surface area contributed by atoms with Crippen LogP contribution in [0.4, 0.5) is 5.00 Å². The summed E-state index contributed by atoms with van der Waals surface area (Å²) in [7, 11) is 0. The second-order valence-corrected chi connectivity index (χ2v) is 7.39. The van der Waals surface area contributed by atoms with E-state index in [1.807, 2.05) is 6.07 Å². The molecule has 3 rings (SSSR count). The highest BCUT2D eigenvalue weighted by Crippen LogP contribution is 2.38. The van der Waals surface area contributed by atoms with Gasteiger partial charge in [0.25, 0.3) is 11.8 Å². The normalized spacial score (nSPS) is 14.4. The molecule has 0 radical (unpaired) electrons. The van der Waals surface area contributed by atoms with Crippen molar-refractivity contribution in [2.75, 3.05) is 18.5 Å². The Bertz CT molecular complexity index is 788. The first kappa shape index (κ1) is 18.6. The van der Waals surface area contributed by atoms with Crippen LogP contribution < -0.4 is 10.6 Å². The van der Waals surface area contributed by atoms with Crippen molar-refractivity contribution in [3.63, 3.8) is 0 Å². The minimum Gasteiger partial charge on any atom is -0.394 e. The van der Waals surface area contributed by atoms with Crippen LogP contribution >= 0.6 is 11.3 Å². The van der Waals surface area contributed by atoms with Crippen molar-refractivity contribution in [1.82, 2.24) is 5.32 Å². The number of carbonyl (C=O) groups is 2. The number of hydrogen-bond acceptors (Lipinski definition) is 5. The number of rotatable bonds is 6. The van der Waals surface area contributed by atoms with Crippen LogP contribution in [0.5, 0.6) is 0 Å². The molecule has 0 saturated carbocycles. The maximum Gasteiger partial charge on any atom is 0.256 e. The minimum absolute atomic E-state index is 0.0357. The van der Waals surface area contributed by atoms with Crippen LogP contribution in [0, 0.1) is 0 Å². The zero-order chi connectivity index (χ0) is 18.5. The van der Waals surface area contributed by atoms with Crippen LogP contribution in [0.3, 0.4) is 0 Å². The first-order valence-electron chi connectivity index (χ1n) is 8.68. The fourth-order valence-electron chi connectivity index (χ4n) is 3.02. The Hall–Kier alpha value is -2.22. The number of carbonyl (C=O) groups excluding carboxylic acids is 2. The van der Waals surface area contributed by atoms with E-state index in [-0.39, 0.29) is 18.4 Å². The highest BCUT2D eigenvalue weighted by Gasteiger charge is 2.26. The molecular formula is C19H22N2O4S. The molecule has 2 aromatic rings. The molecule has 1 aromatic carbocycles. The second kappa shape index (κ2) is 8.44. The lowest BCUT2D eigenvalue weighted by atomic mass is 9.95. The van der Waals surface area contributed by atoms with Crippen molar-refractivity contribution in [3.05, 3.63) is 51.9 Å². The average Bonchev–Trinajstić information content (AvgIpc) is 3.04. The number of fused-ring (bicyclic) bond motifs is 1. The Labute approximate surface area is 155 Å². The van der Waals surface area contributed by atoms with E-state index in [2.05, 4.69) is 10.6 Å². The van der Waals surface area contributed by atoms with E-state index >= 15 is 0 Å². The quantitative estimate of drug-likeness (QED) is 0.621. The average molecular weight is 374 g/mol. The molecule has 0 aliphatic heterocycles. The summed E-state index contributed by atoms with van der Waals surface area (Å²) in [4.78, 5) is 26.3. The minimum atomic E-state index is -1.00. The molecule has 1 aromatic heterocycles. The molecule has 0 saturated heterocycles. The topological polar surface area (TPSA) is 98.7 Å². The fraction of sp³-hybridized carbons (Fsp3) is 0.368. The number of hydrogen-bond donors (Lipinski definition) is 4. The molecule has 1 aliphatic carbocycles. The van der Waals surface area contributed by atoms with Gasteiger partial charge in [-0.1, -0.05) is 18.2 Å². The Morgan fingerprint density at radius 3 is 2.58 bits per heavy atom. The van der Waals surface area contributed by atoms with Gasteiger partial charge in [0, 0.05) is 17.0 Å². The van der Waals surface area contributed by atoms with Crippen LogP contribution in [0.2, 0.25) is 0 Å². The molecule has 1 heterocycles. The molecule has 0 bridgehead atoms.